The van der Waals surface area contributed by atoms with E-state index in [1.807, 2.05) is 0 Å². The predicted molar refractivity (Wildman–Crippen MR) is 81.1 cm³/mol. The Morgan fingerprint density at radius 1 is 1.17 bits per heavy atom. The van der Waals surface area contributed by atoms with E-state index in [9.17, 15) is 0 Å². The van der Waals surface area contributed by atoms with Gasteiger partial charge in [0.25, 0.3) is 0 Å². The van der Waals surface area contributed by atoms with Crippen molar-refractivity contribution < 1.29 is 0 Å². The van der Waals surface area contributed by atoms with Crippen molar-refractivity contribution in [1.82, 2.24) is 10.2 Å². The van der Waals surface area contributed by atoms with Gasteiger partial charge in [0.15, 0.2) is 0 Å². The van der Waals surface area contributed by atoms with Crippen LogP contribution in [0.15, 0.2) is 0 Å². The van der Waals surface area contributed by atoms with Gasteiger partial charge in [-0.2, -0.15) is 0 Å². The standard InChI is InChI=1S/C16H34N2/c1-5-15(3)14-18(6-2)13-12-16(17-4)10-8-7-9-11-16/h15,17H,5-14H2,1-4H3. The molecule has 0 saturated heterocycles. The van der Waals surface area contributed by atoms with Crippen molar-refractivity contribution in [2.24, 2.45) is 5.92 Å². The fourth-order valence-electron chi connectivity index (χ4n) is 3.17. The van der Waals surface area contributed by atoms with Gasteiger partial charge in [0, 0.05) is 12.1 Å². The van der Waals surface area contributed by atoms with Crippen molar-refractivity contribution in [2.75, 3.05) is 26.7 Å². The molecule has 1 saturated carbocycles. The largest absolute Gasteiger partial charge is 0.314 e. The van der Waals surface area contributed by atoms with Crippen molar-refractivity contribution in [3.05, 3.63) is 0 Å². The van der Waals surface area contributed by atoms with Crippen molar-refractivity contribution in [3.63, 3.8) is 0 Å². The van der Waals surface area contributed by atoms with E-state index in [0.717, 1.165) is 5.92 Å². The zero-order valence-corrected chi connectivity index (χ0v) is 13.1. The Bertz CT molecular complexity index is 209. The van der Waals surface area contributed by atoms with Crippen LogP contribution in [-0.2, 0) is 0 Å². The third-order valence-corrected chi connectivity index (χ3v) is 4.96. The van der Waals surface area contributed by atoms with Crippen molar-refractivity contribution in [3.8, 4) is 0 Å². The molecule has 0 aromatic heterocycles. The molecule has 0 radical (unpaired) electrons. The average molecular weight is 254 g/mol. The summed E-state index contributed by atoms with van der Waals surface area (Å²) < 4.78 is 0. The second-order valence-corrected chi connectivity index (χ2v) is 6.25. The lowest BCUT2D eigenvalue weighted by atomic mass is 9.79. The minimum absolute atomic E-state index is 0.446. The molecule has 0 aromatic rings. The van der Waals surface area contributed by atoms with E-state index in [4.69, 9.17) is 0 Å². The second kappa shape index (κ2) is 8.16. The summed E-state index contributed by atoms with van der Waals surface area (Å²) in [5.41, 5.74) is 0.446. The van der Waals surface area contributed by atoms with Crippen molar-refractivity contribution in [1.29, 1.82) is 0 Å². The minimum Gasteiger partial charge on any atom is -0.314 e. The smallest absolute Gasteiger partial charge is 0.0190 e. The third-order valence-electron chi connectivity index (χ3n) is 4.96. The summed E-state index contributed by atoms with van der Waals surface area (Å²) in [6.45, 7) is 10.7. The third kappa shape index (κ3) is 4.89. The molecule has 1 atom stereocenters. The number of nitrogens with one attached hydrogen (secondary N) is 1. The molecule has 0 amide bonds. The summed E-state index contributed by atoms with van der Waals surface area (Å²) in [7, 11) is 2.16. The highest BCUT2D eigenvalue weighted by atomic mass is 15.1. The first kappa shape index (κ1) is 16.0. The Balaban J connectivity index is 2.39. The lowest BCUT2D eigenvalue weighted by Crippen LogP contribution is -2.47. The van der Waals surface area contributed by atoms with Gasteiger partial charge < -0.3 is 10.2 Å². The van der Waals surface area contributed by atoms with Crippen molar-refractivity contribution in [2.45, 2.75) is 71.3 Å². The highest BCUT2D eigenvalue weighted by molar-refractivity contribution is 4.90. The van der Waals surface area contributed by atoms with Gasteiger partial charge in [0.2, 0.25) is 0 Å². The van der Waals surface area contributed by atoms with Crippen molar-refractivity contribution >= 4 is 0 Å². The molecule has 1 unspecified atom stereocenters. The van der Waals surface area contributed by atoms with Gasteiger partial charge in [0.1, 0.15) is 0 Å². The second-order valence-electron chi connectivity index (χ2n) is 6.25. The zero-order chi connectivity index (χ0) is 13.4. The molecule has 0 spiro atoms. The molecule has 1 fully saturated rings. The van der Waals surface area contributed by atoms with E-state index in [0.29, 0.717) is 5.54 Å². The first-order valence-electron chi connectivity index (χ1n) is 8.07. The Morgan fingerprint density at radius 3 is 2.33 bits per heavy atom. The topological polar surface area (TPSA) is 15.3 Å². The molecule has 0 aromatic carbocycles. The maximum absolute atomic E-state index is 3.64. The Kier molecular flexibility index (Phi) is 7.25. The van der Waals surface area contributed by atoms with Gasteiger partial charge >= 0.3 is 0 Å². The van der Waals surface area contributed by atoms with Crippen LogP contribution in [0.5, 0.6) is 0 Å². The molecule has 0 aliphatic heterocycles. The van der Waals surface area contributed by atoms with Gasteiger partial charge in [-0.3, -0.25) is 0 Å². The number of rotatable bonds is 8. The molecule has 1 N–H and O–H groups in total. The van der Waals surface area contributed by atoms with Gasteiger partial charge in [-0.05, 0) is 45.3 Å². The molecule has 108 valence electrons. The van der Waals surface area contributed by atoms with Crippen LogP contribution in [0.3, 0.4) is 0 Å². The maximum Gasteiger partial charge on any atom is 0.0190 e. The van der Waals surface area contributed by atoms with Crippen LogP contribution in [0.1, 0.15) is 65.7 Å². The monoisotopic (exact) mass is 254 g/mol. The first-order chi connectivity index (χ1) is 8.65. The maximum atomic E-state index is 3.64. The number of nitrogens with zero attached hydrogens (tertiary/aromatic N) is 1. The lowest BCUT2D eigenvalue weighted by molar-refractivity contribution is 0.174. The summed E-state index contributed by atoms with van der Waals surface area (Å²) in [4.78, 5) is 2.64. The molecule has 1 aliphatic carbocycles. The minimum atomic E-state index is 0.446. The van der Waals surface area contributed by atoms with E-state index < -0.39 is 0 Å². The summed E-state index contributed by atoms with van der Waals surface area (Å²) in [6, 6.07) is 0. The lowest BCUT2D eigenvalue weighted by Gasteiger charge is -2.39. The highest BCUT2D eigenvalue weighted by Gasteiger charge is 2.30. The predicted octanol–water partition coefficient (Wildman–Crippen LogP) is 3.67. The molecule has 1 aliphatic rings. The van der Waals surface area contributed by atoms with Gasteiger partial charge in [-0.15, -0.1) is 0 Å². The van der Waals surface area contributed by atoms with Crippen LogP contribution in [0, 0.1) is 5.92 Å². The Morgan fingerprint density at radius 2 is 1.83 bits per heavy atom. The van der Waals surface area contributed by atoms with Crippen LogP contribution in [-0.4, -0.2) is 37.1 Å². The van der Waals surface area contributed by atoms with E-state index in [1.54, 1.807) is 0 Å². The molecule has 1 rings (SSSR count). The van der Waals surface area contributed by atoms with E-state index in [2.05, 4.69) is 38.0 Å². The quantitative estimate of drug-likeness (QED) is 0.711. The molecule has 0 bridgehead atoms. The molecular formula is C16H34N2. The number of hydrogen-bond donors (Lipinski definition) is 1. The summed E-state index contributed by atoms with van der Waals surface area (Å²) in [6.07, 6.45) is 9.65. The van der Waals surface area contributed by atoms with Gasteiger partial charge in [-0.25, -0.2) is 0 Å². The molecule has 0 heterocycles. The Labute approximate surface area is 115 Å². The van der Waals surface area contributed by atoms with Gasteiger partial charge in [-0.1, -0.05) is 46.5 Å². The fourth-order valence-corrected chi connectivity index (χ4v) is 3.17. The van der Waals surface area contributed by atoms with Gasteiger partial charge in [0.05, 0.1) is 0 Å². The van der Waals surface area contributed by atoms with Crippen LogP contribution >= 0.6 is 0 Å². The molecule has 18 heavy (non-hydrogen) atoms. The molecule has 2 heteroatoms. The SMILES string of the molecule is CCC(C)CN(CC)CCC1(NC)CCCCC1. The normalized spacial score (nSPS) is 21.2. The van der Waals surface area contributed by atoms with E-state index >= 15 is 0 Å². The van der Waals surface area contributed by atoms with E-state index in [-0.39, 0.29) is 0 Å². The fraction of sp³-hybridized carbons (Fsp3) is 1.00. The Hall–Kier alpha value is -0.0800. The molecule has 2 nitrogen and oxygen atoms in total. The van der Waals surface area contributed by atoms with E-state index in [1.165, 1.54) is 64.6 Å². The summed E-state index contributed by atoms with van der Waals surface area (Å²) in [5.74, 6) is 0.835. The summed E-state index contributed by atoms with van der Waals surface area (Å²) >= 11 is 0. The van der Waals surface area contributed by atoms with Crippen LogP contribution in [0.4, 0.5) is 0 Å². The first-order valence-corrected chi connectivity index (χ1v) is 8.07. The van der Waals surface area contributed by atoms with Crippen LogP contribution in [0.25, 0.3) is 0 Å². The molecular weight excluding hydrogens is 220 g/mol. The average Bonchev–Trinajstić information content (AvgIpc) is 2.44. The van der Waals surface area contributed by atoms with Crippen LogP contribution < -0.4 is 5.32 Å². The number of hydrogen-bond acceptors (Lipinski definition) is 2. The zero-order valence-electron chi connectivity index (χ0n) is 13.1. The van der Waals surface area contributed by atoms with Crippen LogP contribution in [0.2, 0.25) is 0 Å². The highest BCUT2D eigenvalue weighted by Crippen LogP contribution is 2.30. The summed E-state index contributed by atoms with van der Waals surface area (Å²) in [5, 5.41) is 3.64.